The first-order chi connectivity index (χ1) is 8.65. The van der Waals surface area contributed by atoms with Crippen LogP contribution in [0.5, 0.6) is 0 Å². The van der Waals surface area contributed by atoms with Crippen molar-refractivity contribution in [2.75, 3.05) is 33.7 Å². The average molecular weight is 251 g/mol. The summed E-state index contributed by atoms with van der Waals surface area (Å²) in [5.41, 5.74) is 5.94. The van der Waals surface area contributed by atoms with Crippen LogP contribution in [-0.4, -0.2) is 49.6 Å². The van der Waals surface area contributed by atoms with E-state index in [0.29, 0.717) is 12.6 Å². The molecule has 1 aliphatic heterocycles. The van der Waals surface area contributed by atoms with Crippen molar-refractivity contribution in [3.8, 4) is 0 Å². The molecule has 0 spiro atoms. The zero-order valence-corrected chi connectivity index (χ0v) is 11.7. The topological polar surface area (TPSA) is 45.6 Å². The van der Waals surface area contributed by atoms with Crippen LogP contribution in [0.2, 0.25) is 0 Å². The summed E-state index contributed by atoms with van der Waals surface area (Å²) in [4.78, 5) is 4.75. The molecule has 1 aromatic rings. The van der Waals surface area contributed by atoms with Gasteiger partial charge in [-0.05, 0) is 32.6 Å². The summed E-state index contributed by atoms with van der Waals surface area (Å²) in [7, 11) is 4.29. The third-order valence-corrected chi connectivity index (χ3v) is 3.95. The number of aryl methyl sites for hydroxylation is 1. The van der Waals surface area contributed by atoms with Crippen molar-refractivity contribution in [1.29, 1.82) is 0 Å². The van der Waals surface area contributed by atoms with E-state index in [-0.39, 0.29) is 6.04 Å². The minimum absolute atomic E-state index is 0.232. The monoisotopic (exact) mass is 251 g/mol. The van der Waals surface area contributed by atoms with Gasteiger partial charge >= 0.3 is 0 Å². The maximum atomic E-state index is 5.94. The summed E-state index contributed by atoms with van der Waals surface area (Å²) in [6.45, 7) is 4.92. The SMILES string of the molecule is CCc1ccc(C(CN)N2CCC(N(C)C)C2)o1. The Labute approximate surface area is 110 Å². The molecular weight excluding hydrogens is 226 g/mol. The Morgan fingerprint density at radius 2 is 2.28 bits per heavy atom. The number of likely N-dealkylation sites (N-methyl/N-ethyl adjacent to an activating group) is 1. The largest absolute Gasteiger partial charge is 0.464 e. The Morgan fingerprint density at radius 1 is 1.50 bits per heavy atom. The predicted octanol–water partition coefficient (Wildman–Crippen LogP) is 1.48. The van der Waals surface area contributed by atoms with Crippen molar-refractivity contribution in [3.05, 3.63) is 23.7 Å². The average Bonchev–Trinajstić information content (AvgIpc) is 2.99. The lowest BCUT2D eigenvalue weighted by molar-refractivity contribution is 0.197. The summed E-state index contributed by atoms with van der Waals surface area (Å²) in [6.07, 6.45) is 2.16. The highest BCUT2D eigenvalue weighted by molar-refractivity contribution is 5.12. The summed E-state index contributed by atoms with van der Waals surface area (Å²) >= 11 is 0. The number of nitrogens with zero attached hydrogens (tertiary/aromatic N) is 2. The number of furan rings is 1. The van der Waals surface area contributed by atoms with Crippen LogP contribution in [0.1, 0.15) is 30.9 Å². The molecule has 1 aliphatic rings. The molecule has 2 heterocycles. The summed E-state index contributed by atoms with van der Waals surface area (Å²) in [6, 6.07) is 5.02. The first kappa shape index (κ1) is 13.6. The van der Waals surface area contributed by atoms with Crippen molar-refractivity contribution in [1.82, 2.24) is 9.80 Å². The molecule has 4 nitrogen and oxygen atoms in total. The van der Waals surface area contributed by atoms with Gasteiger partial charge in [0.25, 0.3) is 0 Å². The Bertz CT molecular complexity index is 375. The Hall–Kier alpha value is -0.840. The second-order valence-corrected chi connectivity index (χ2v) is 5.31. The summed E-state index contributed by atoms with van der Waals surface area (Å²) in [5, 5.41) is 0. The van der Waals surface area contributed by atoms with E-state index in [2.05, 4.69) is 43.0 Å². The van der Waals surface area contributed by atoms with E-state index in [1.54, 1.807) is 0 Å². The van der Waals surface area contributed by atoms with Gasteiger partial charge in [0.15, 0.2) is 0 Å². The molecule has 0 amide bonds. The van der Waals surface area contributed by atoms with Crippen LogP contribution in [0.15, 0.2) is 16.5 Å². The zero-order valence-electron chi connectivity index (χ0n) is 11.7. The standard InChI is InChI=1S/C14H25N3O/c1-4-12-5-6-14(18-12)13(9-15)17-8-7-11(10-17)16(2)3/h5-6,11,13H,4,7-10,15H2,1-3H3. The molecule has 18 heavy (non-hydrogen) atoms. The van der Waals surface area contributed by atoms with Crippen LogP contribution in [-0.2, 0) is 6.42 Å². The molecule has 1 aromatic heterocycles. The number of hydrogen-bond acceptors (Lipinski definition) is 4. The van der Waals surface area contributed by atoms with Crippen LogP contribution in [0, 0.1) is 0 Å². The number of likely N-dealkylation sites (tertiary alicyclic amines) is 1. The van der Waals surface area contributed by atoms with Gasteiger partial charge < -0.3 is 15.1 Å². The molecule has 0 saturated carbocycles. The smallest absolute Gasteiger partial charge is 0.122 e. The van der Waals surface area contributed by atoms with Crippen LogP contribution in [0.25, 0.3) is 0 Å². The van der Waals surface area contributed by atoms with E-state index in [0.717, 1.165) is 31.0 Å². The molecule has 4 heteroatoms. The number of rotatable bonds is 5. The Balaban J connectivity index is 2.05. The lowest BCUT2D eigenvalue weighted by atomic mass is 10.2. The van der Waals surface area contributed by atoms with E-state index in [1.807, 2.05) is 0 Å². The maximum absolute atomic E-state index is 5.94. The Kier molecular flexibility index (Phi) is 4.43. The van der Waals surface area contributed by atoms with Gasteiger partial charge in [0.1, 0.15) is 11.5 Å². The molecule has 1 saturated heterocycles. The van der Waals surface area contributed by atoms with Gasteiger partial charge in [-0.2, -0.15) is 0 Å². The molecule has 0 radical (unpaired) electrons. The third-order valence-electron chi connectivity index (χ3n) is 3.95. The summed E-state index contributed by atoms with van der Waals surface area (Å²) < 4.78 is 5.86. The fourth-order valence-corrected chi connectivity index (χ4v) is 2.68. The van der Waals surface area contributed by atoms with E-state index in [4.69, 9.17) is 10.2 Å². The highest BCUT2D eigenvalue weighted by Crippen LogP contribution is 2.27. The van der Waals surface area contributed by atoms with E-state index in [1.165, 1.54) is 6.42 Å². The quantitative estimate of drug-likeness (QED) is 0.861. The van der Waals surface area contributed by atoms with Gasteiger partial charge in [0.05, 0.1) is 6.04 Å². The molecule has 0 aromatic carbocycles. The van der Waals surface area contributed by atoms with E-state index in [9.17, 15) is 0 Å². The Morgan fingerprint density at radius 3 is 2.78 bits per heavy atom. The lowest BCUT2D eigenvalue weighted by Gasteiger charge is -2.26. The van der Waals surface area contributed by atoms with Crippen molar-refractivity contribution in [3.63, 3.8) is 0 Å². The molecule has 2 atom stereocenters. The van der Waals surface area contributed by atoms with Crippen LogP contribution in [0.3, 0.4) is 0 Å². The molecule has 2 N–H and O–H groups in total. The molecule has 1 fully saturated rings. The highest BCUT2D eigenvalue weighted by Gasteiger charge is 2.30. The first-order valence-electron chi connectivity index (χ1n) is 6.84. The molecule has 2 unspecified atom stereocenters. The summed E-state index contributed by atoms with van der Waals surface area (Å²) in [5.74, 6) is 2.07. The fourth-order valence-electron chi connectivity index (χ4n) is 2.68. The van der Waals surface area contributed by atoms with E-state index >= 15 is 0 Å². The van der Waals surface area contributed by atoms with Crippen molar-refractivity contribution in [2.45, 2.75) is 31.8 Å². The predicted molar refractivity (Wildman–Crippen MR) is 73.5 cm³/mol. The lowest BCUT2D eigenvalue weighted by Crippen LogP contribution is -2.35. The number of nitrogens with two attached hydrogens (primary N) is 1. The normalized spacial score (nSPS) is 22.8. The molecular formula is C14H25N3O. The van der Waals surface area contributed by atoms with Gasteiger partial charge in [0.2, 0.25) is 0 Å². The van der Waals surface area contributed by atoms with Gasteiger partial charge in [-0.25, -0.2) is 0 Å². The van der Waals surface area contributed by atoms with Crippen LogP contribution in [0.4, 0.5) is 0 Å². The molecule has 0 aliphatic carbocycles. The van der Waals surface area contributed by atoms with E-state index < -0.39 is 0 Å². The second kappa shape index (κ2) is 5.87. The zero-order chi connectivity index (χ0) is 13.1. The molecule has 0 bridgehead atoms. The van der Waals surface area contributed by atoms with Crippen LogP contribution < -0.4 is 5.73 Å². The minimum atomic E-state index is 0.232. The number of hydrogen-bond donors (Lipinski definition) is 1. The molecule has 102 valence electrons. The van der Waals surface area contributed by atoms with Crippen molar-refractivity contribution >= 4 is 0 Å². The third kappa shape index (κ3) is 2.76. The van der Waals surface area contributed by atoms with Crippen molar-refractivity contribution in [2.24, 2.45) is 5.73 Å². The van der Waals surface area contributed by atoms with Gasteiger partial charge in [-0.15, -0.1) is 0 Å². The van der Waals surface area contributed by atoms with Gasteiger partial charge in [-0.1, -0.05) is 6.92 Å². The van der Waals surface area contributed by atoms with Gasteiger partial charge in [-0.3, -0.25) is 4.90 Å². The second-order valence-electron chi connectivity index (χ2n) is 5.31. The van der Waals surface area contributed by atoms with Crippen LogP contribution >= 0.6 is 0 Å². The molecule has 2 rings (SSSR count). The first-order valence-corrected chi connectivity index (χ1v) is 6.84. The maximum Gasteiger partial charge on any atom is 0.122 e. The van der Waals surface area contributed by atoms with Crippen molar-refractivity contribution < 1.29 is 4.42 Å². The highest BCUT2D eigenvalue weighted by atomic mass is 16.3. The van der Waals surface area contributed by atoms with Gasteiger partial charge in [0, 0.05) is 32.1 Å². The fraction of sp³-hybridized carbons (Fsp3) is 0.714. The minimum Gasteiger partial charge on any atom is -0.464 e.